The zero-order valence-corrected chi connectivity index (χ0v) is 17.1. The first-order valence-electron chi connectivity index (χ1n) is 9.96. The Balaban J connectivity index is 1.40. The summed E-state index contributed by atoms with van der Waals surface area (Å²) in [6.07, 6.45) is 2.46. The molecule has 1 aromatic carbocycles. The van der Waals surface area contributed by atoms with Gasteiger partial charge < -0.3 is 5.32 Å². The van der Waals surface area contributed by atoms with Crippen molar-refractivity contribution >= 4 is 5.91 Å². The molecule has 0 radical (unpaired) electrons. The lowest BCUT2D eigenvalue weighted by atomic mass is 10.1. The smallest absolute Gasteiger partial charge is 0.220 e. The fourth-order valence-electron chi connectivity index (χ4n) is 4.02. The lowest BCUT2D eigenvalue weighted by Crippen LogP contribution is -2.31. The largest absolute Gasteiger partial charge is 0.356 e. The van der Waals surface area contributed by atoms with Crippen LogP contribution in [0.2, 0.25) is 0 Å². The molecule has 5 nitrogen and oxygen atoms in total. The molecule has 1 atom stereocenters. The average Bonchev–Trinajstić information content (AvgIpc) is 3.18. The molecule has 1 aliphatic heterocycles. The van der Waals surface area contributed by atoms with Gasteiger partial charge in [0.15, 0.2) is 0 Å². The van der Waals surface area contributed by atoms with Crippen LogP contribution in [0.1, 0.15) is 40.9 Å². The molecule has 1 amide bonds. The normalized spacial score (nSPS) is 17.4. The molecule has 2 aromatic rings. The number of nitrogens with zero attached hydrogens (tertiary/aromatic N) is 3. The third kappa shape index (κ3) is 4.98. The van der Waals surface area contributed by atoms with Crippen molar-refractivity contribution in [1.29, 1.82) is 0 Å². The van der Waals surface area contributed by atoms with E-state index in [0.717, 1.165) is 50.4 Å². The predicted octanol–water partition coefficient (Wildman–Crippen LogP) is 2.92. The van der Waals surface area contributed by atoms with E-state index in [1.54, 1.807) is 0 Å². The number of aryl methyl sites for hydroxylation is 3. The van der Waals surface area contributed by atoms with Crippen LogP contribution in [-0.4, -0.2) is 40.2 Å². The van der Waals surface area contributed by atoms with E-state index in [1.165, 1.54) is 16.7 Å². The number of nitrogens with one attached hydrogen (secondary N) is 1. The summed E-state index contributed by atoms with van der Waals surface area (Å²) in [7, 11) is 1.95. The van der Waals surface area contributed by atoms with Crippen LogP contribution in [0.5, 0.6) is 0 Å². The second kappa shape index (κ2) is 8.70. The van der Waals surface area contributed by atoms with Crippen LogP contribution >= 0.6 is 0 Å². The van der Waals surface area contributed by atoms with E-state index < -0.39 is 0 Å². The molecule has 27 heavy (non-hydrogen) atoms. The molecule has 1 aromatic heterocycles. The Morgan fingerprint density at radius 2 is 2.04 bits per heavy atom. The van der Waals surface area contributed by atoms with Crippen molar-refractivity contribution < 1.29 is 4.79 Å². The Morgan fingerprint density at radius 1 is 1.26 bits per heavy atom. The summed E-state index contributed by atoms with van der Waals surface area (Å²) in [5.74, 6) is 0.704. The number of likely N-dealkylation sites (tertiary alicyclic amines) is 1. The number of aromatic nitrogens is 2. The van der Waals surface area contributed by atoms with E-state index in [0.29, 0.717) is 12.3 Å². The van der Waals surface area contributed by atoms with Crippen molar-refractivity contribution in [1.82, 2.24) is 20.0 Å². The van der Waals surface area contributed by atoms with Crippen LogP contribution in [0.3, 0.4) is 0 Å². The van der Waals surface area contributed by atoms with Crippen molar-refractivity contribution in [2.45, 2.75) is 46.6 Å². The number of carbonyl (C=O) groups excluding carboxylic acids is 1. The zero-order chi connectivity index (χ0) is 19.4. The van der Waals surface area contributed by atoms with E-state index in [1.807, 2.05) is 18.7 Å². The van der Waals surface area contributed by atoms with Crippen LogP contribution in [0.15, 0.2) is 24.3 Å². The summed E-state index contributed by atoms with van der Waals surface area (Å²) in [6.45, 7) is 10.2. The maximum absolute atomic E-state index is 12.3. The summed E-state index contributed by atoms with van der Waals surface area (Å²) in [5.41, 5.74) is 6.16. The van der Waals surface area contributed by atoms with Gasteiger partial charge in [-0.1, -0.05) is 24.3 Å². The molecule has 1 N–H and O–H groups in total. The number of rotatable bonds is 7. The van der Waals surface area contributed by atoms with Gasteiger partial charge in [0.25, 0.3) is 0 Å². The molecule has 1 fully saturated rings. The molecule has 0 spiro atoms. The minimum absolute atomic E-state index is 0.148. The summed E-state index contributed by atoms with van der Waals surface area (Å²) in [4.78, 5) is 14.8. The van der Waals surface area contributed by atoms with E-state index in [4.69, 9.17) is 0 Å². The van der Waals surface area contributed by atoms with Crippen molar-refractivity contribution in [2.24, 2.45) is 13.0 Å². The summed E-state index contributed by atoms with van der Waals surface area (Å²) in [6, 6.07) is 8.60. The molecule has 5 heteroatoms. The number of carbonyl (C=O) groups is 1. The van der Waals surface area contributed by atoms with Gasteiger partial charge in [-0.3, -0.25) is 14.4 Å². The predicted molar refractivity (Wildman–Crippen MR) is 109 cm³/mol. The second-order valence-corrected chi connectivity index (χ2v) is 7.89. The van der Waals surface area contributed by atoms with Crippen molar-refractivity contribution in [3.63, 3.8) is 0 Å². The molecule has 0 aliphatic carbocycles. The number of amides is 1. The van der Waals surface area contributed by atoms with Gasteiger partial charge in [0.1, 0.15) is 0 Å². The van der Waals surface area contributed by atoms with Gasteiger partial charge in [0.2, 0.25) is 5.91 Å². The molecular formula is C22H32N4O. The molecule has 2 heterocycles. The minimum Gasteiger partial charge on any atom is -0.356 e. The molecule has 0 saturated carbocycles. The van der Waals surface area contributed by atoms with Crippen LogP contribution in [0.25, 0.3) is 0 Å². The third-order valence-corrected chi connectivity index (χ3v) is 5.87. The quantitative estimate of drug-likeness (QED) is 0.817. The highest BCUT2D eigenvalue weighted by molar-refractivity contribution is 5.76. The topological polar surface area (TPSA) is 50.2 Å². The lowest BCUT2D eigenvalue weighted by Gasteiger charge is -2.17. The van der Waals surface area contributed by atoms with E-state index >= 15 is 0 Å². The van der Waals surface area contributed by atoms with E-state index in [-0.39, 0.29) is 5.91 Å². The standard InChI is InChI=1S/C22H32N4O/c1-16-7-5-6-8-20(16)15-26-12-11-19(14-26)13-23-22(27)10-9-21-17(2)24-25(4)18(21)3/h5-8,19H,9-15H2,1-4H3,(H,23,27). The summed E-state index contributed by atoms with van der Waals surface area (Å²) in [5, 5.41) is 7.57. The van der Waals surface area contributed by atoms with Crippen molar-refractivity contribution in [3.8, 4) is 0 Å². The molecule has 1 unspecified atom stereocenters. The van der Waals surface area contributed by atoms with E-state index in [2.05, 4.69) is 53.4 Å². The maximum Gasteiger partial charge on any atom is 0.220 e. The van der Waals surface area contributed by atoms with Gasteiger partial charge in [-0.15, -0.1) is 0 Å². The minimum atomic E-state index is 0.148. The number of hydrogen-bond donors (Lipinski definition) is 1. The molecule has 3 rings (SSSR count). The lowest BCUT2D eigenvalue weighted by molar-refractivity contribution is -0.121. The van der Waals surface area contributed by atoms with E-state index in [9.17, 15) is 4.79 Å². The van der Waals surface area contributed by atoms with Crippen LogP contribution < -0.4 is 5.32 Å². The van der Waals surface area contributed by atoms with Crippen LogP contribution in [-0.2, 0) is 24.8 Å². The molecule has 1 saturated heterocycles. The van der Waals surface area contributed by atoms with Crippen molar-refractivity contribution in [2.75, 3.05) is 19.6 Å². The second-order valence-electron chi connectivity index (χ2n) is 7.89. The van der Waals surface area contributed by atoms with Gasteiger partial charge in [-0.05, 0) is 62.8 Å². The first-order chi connectivity index (χ1) is 12.9. The highest BCUT2D eigenvalue weighted by Gasteiger charge is 2.23. The van der Waals surface area contributed by atoms with Crippen molar-refractivity contribution in [3.05, 3.63) is 52.3 Å². The first-order valence-corrected chi connectivity index (χ1v) is 9.96. The SMILES string of the molecule is Cc1ccccc1CN1CCC(CNC(=O)CCc2c(C)nn(C)c2C)C1. The fraction of sp³-hybridized carbons (Fsp3) is 0.545. The Morgan fingerprint density at radius 3 is 2.74 bits per heavy atom. The number of hydrogen-bond acceptors (Lipinski definition) is 3. The monoisotopic (exact) mass is 368 g/mol. The Hall–Kier alpha value is -2.14. The molecule has 146 valence electrons. The third-order valence-electron chi connectivity index (χ3n) is 5.87. The first kappa shape index (κ1) is 19.6. The van der Waals surface area contributed by atoms with Gasteiger partial charge in [0.05, 0.1) is 5.69 Å². The summed E-state index contributed by atoms with van der Waals surface area (Å²) >= 11 is 0. The van der Waals surface area contributed by atoms with Gasteiger partial charge in [-0.2, -0.15) is 5.10 Å². The van der Waals surface area contributed by atoms with Crippen LogP contribution in [0, 0.1) is 26.7 Å². The zero-order valence-electron chi connectivity index (χ0n) is 17.1. The molecule has 0 bridgehead atoms. The Bertz CT molecular complexity index is 796. The fourth-order valence-corrected chi connectivity index (χ4v) is 4.02. The molecule has 1 aliphatic rings. The maximum atomic E-state index is 12.3. The van der Waals surface area contributed by atoms with Crippen LogP contribution in [0.4, 0.5) is 0 Å². The number of benzene rings is 1. The van der Waals surface area contributed by atoms with Gasteiger partial charge in [-0.25, -0.2) is 0 Å². The molecular weight excluding hydrogens is 336 g/mol. The average molecular weight is 369 g/mol. The Labute approximate surface area is 162 Å². The Kier molecular flexibility index (Phi) is 6.32. The van der Waals surface area contributed by atoms with Gasteiger partial charge >= 0.3 is 0 Å². The highest BCUT2D eigenvalue weighted by Crippen LogP contribution is 2.20. The summed E-state index contributed by atoms with van der Waals surface area (Å²) < 4.78 is 1.89. The highest BCUT2D eigenvalue weighted by atomic mass is 16.1. The van der Waals surface area contributed by atoms with Gasteiger partial charge in [0, 0.05) is 38.8 Å².